The lowest BCUT2D eigenvalue weighted by atomic mass is 10.0. The van der Waals surface area contributed by atoms with Crippen LogP contribution in [0.5, 0.6) is 0 Å². The van der Waals surface area contributed by atoms with Gasteiger partial charge in [-0.3, -0.25) is 4.90 Å². The van der Waals surface area contributed by atoms with Crippen LogP contribution in [0.15, 0.2) is 0 Å². The lowest BCUT2D eigenvalue weighted by Gasteiger charge is -2.37. The van der Waals surface area contributed by atoms with Crippen molar-refractivity contribution in [1.82, 2.24) is 10.2 Å². The molecule has 2 heteroatoms. The van der Waals surface area contributed by atoms with E-state index in [9.17, 15) is 0 Å². The van der Waals surface area contributed by atoms with E-state index in [1.54, 1.807) is 0 Å². The van der Waals surface area contributed by atoms with Gasteiger partial charge in [0.1, 0.15) is 0 Å². The molecule has 0 saturated carbocycles. The van der Waals surface area contributed by atoms with Gasteiger partial charge in [-0.1, -0.05) is 41.5 Å². The minimum absolute atomic E-state index is 0.635. The van der Waals surface area contributed by atoms with Gasteiger partial charge in [0.05, 0.1) is 0 Å². The van der Waals surface area contributed by atoms with Gasteiger partial charge in [-0.25, -0.2) is 0 Å². The maximum Gasteiger partial charge on any atom is 0.0195 e. The average Bonchev–Trinajstić information content (AvgIpc) is 2.28. The van der Waals surface area contributed by atoms with Crippen molar-refractivity contribution in [2.75, 3.05) is 19.6 Å². The average molecular weight is 256 g/mol. The summed E-state index contributed by atoms with van der Waals surface area (Å²) in [5.74, 6) is 1.49. The first kappa shape index (κ1) is 17.9. The van der Waals surface area contributed by atoms with Crippen LogP contribution in [0.4, 0.5) is 0 Å². The lowest BCUT2D eigenvalue weighted by molar-refractivity contribution is 0.116. The van der Waals surface area contributed by atoms with Crippen molar-refractivity contribution in [1.29, 1.82) is 0 Å². The molecule has 0 spiro atoms. The first-order valence-electron chi connectivity index (χ1n) is 7.88. The van der Waals surface area contributed by atoms with Crippen LogP contribution in [0.2, 0.25) is 0 Å². The van der Waals surface area contributed by atoms with Gasteiger partial charge in [0.2, 0.25) is 0 Å². The Hall–Kier alpha value is -0.0800. The van der Waals surface area contributed by atoms with Crippen LogP contribution in [0.3, 0.4) is 0 Å². The topological polar surface area (TPSA) is 15.3 Å². The summed E-state index contributed by atoms with van der Waals surface area (Å²) in [7, 11) is 0. The fraction of sp³-hybridized carbons (Fsp3) is 1.00. The molecule has 0 rings (SSSR count). The second kappa shape index (κ2) is 9.80. The van der Waals surface area contributed by atoms with Gasteiger partial charge in [0.15, 0.2) is 0 Å². The molecule has 0 aliphatic carbocycles. The van der Waals surface area contributed by atoms with Crippen molar-refractivity contribution in [3.63, 3.8) is 0 Å². The van der Waals surface area contributed by atoms with Crippen molar-refractivity contribution < 1.29 is 0 Å². The molecule has 0 aromatic rings. The summed E-state index contributed by atoms with van der Waals surface area (Å²) < 4.78 is 0. The Balaban J connectivity index is 4.34. The van der Waals surface area contributed by atoms with Crippen LogP contribution in [0, 0.1) is 11.8 Å². The number of nitrogens with one attached hydrogen (secondary N) is 1. The Morgan fingerprint density at radius 2 is 1.39 bits per heavy atom. The van der Waals surface area contributed by atoms with Crippen LogP contribution < -0.4 is 5.32 Å². The minimum Gasteiger partial charge on any atom is -0.315 e. The quantitative estimate of drug-likeness (QED) is 0.640. The molecule has 0 aromatic carbocycles. The highest BCUT2D eigenvalue weighted by atomic mass is 15.2. The molecule has 0 aromatic heterocycles. The Morgan fingerprint density at radius 3 is 1.78 bits per heavy atom. The molecular weight excluding hydrogens is 220 g/mol. The van der Waals surface area contributed by atoms with E-state index in [0.717, 1.165) is 31.0 Å². The predicted molar refractivity (Wildman–Crippen MR) is 83.1 cm³/mol. The van der Waals surface area contributed by atoms with Crippen molar-refractivity contribution in [3.05, 3.63) is 0 Å². The number of hydrogen-bond donors (Lipinski definition) is 1. The Morgan fingerprint density at radius 1 is 0.833 bits per heavy atom. The molecule has 18 heavy (non-hydrogen) atoms. The van der Waals surface area contributed by atoms with Crippen LogP contribution in [-0.2, 0) is 0 Å². The fourth-order valence-electron chi connectivity index (χ4n) is 2.57. The molecule has 0 aliphatic heterocycles. The summed E-state index contributed by atoms with van der Waals surface area (Å²) in [6, 6.07) is 1.37. The molecule has 1 atom stereocenters. The van der Waals surface area contributed by atoms with Crippen LogP contribution in [-0.4, -0.2) is 36.6 Å². The van der Waals surface area contributed by atoms with E-state index >= 15 is 0 Å². The van der Waals surface area contributed by atoms with E-state index in [1.165, 1.54) is 19.4 Å². The molecule has 0 heterocycles. The van der Waals surface area contributed by atoms with Crippen molar-refractivity contribution in [2.24, 2.45) is 11.8 Å². The summed E-state index contributed by atoms with van der Waals surface area (Å²) in [5, 5.41) is 3.60. The zero-order chi connectivity index (χ0) is 14.1. The second-order valence-corrected chi connectivity index (χ2v) is 6.46. The number of rotatable bonds is 10. The van der Waals surface area contributed by atoms with Gasteiger partial charge in [-0.05, 0) is 38.1 Å². The van der Waals surface area contributed by atoms with Gasteiger partial charge in [0.25, 0.3) is 0 Å². The Bertz CT molecular complexity index is 186. The predicted octanol–water partition coefficient (Wildman–Crippen LogP) is 3.77. The standard InChI is InChI=1S/C16H36N2/c1-8-16(9-2)18(12-14(5)6)15(7)11-17-10-13(3)4/h13-17H,8-12H2,1-7H3. The van der Waals surface area contributed by atoms with E-state index < -0.39 is 0 Å². The maximum atomic E-state index is 3.60. The van der Waals surface area contributed by atoms with Gasteiger partial charge < -0.3 is 5.32 Å². The van der Waals surface area contributed by atoms with E-state index in [1.807, 2.05) is 0 Å². The lowest BCUT2D eigenvalue weighted by Crippen LogP contribution is -2.48. The third-order valence-electron chi connectivity index (χ3n) is 3.55. The molecule has 0 aliphatic rings. The molecule has 0 fully saturated rings. The monoisotopic (exact) mass is 256 g/mol. The summed E-state index contributed by atoms with van der Waals surface area (Å²) >= 11 is 0. The summed E-state index contributed by atoms with van der Waals surface area (Å²) in [6.45, 7) is 19.6. The third-order valence-corrected chi connectivity index (χ3v) is 3.55. The smallest absolute Gasteiger partial charge is 0.0195 e. The maximum absolute atomic E-state index is 3.60. The van der Waals surface area contributed by atoms with E-state index in [2.05, 4.69) is 58.7 Å². The molecule has 0 saturated heterocycles. The highest BCUT2D eigenvalue weighted by Gasteiger charge is 2.21. The van der Waals surface area contributed by atoms with Crippen molar-refractivity contribution in [2.45, 2.75) is 73.4 Å². The summed E-state index contributed by atoms with van der Waals surface area (Å²) in [4.78, 5) is 2.71. The first-order chi connectivity index (χ1) is 8.42. The van der Waals surface area contributed by atoms with Gasteiger partial charge in [0, 0.05) is 25.2 Å². The molecule has 2 nitrogen and oxygen atoms in total. The minimum atomic E-state index is 0.635. The highest BCUT2D eigenvalue weighted by molar-refractivity contribution is 4.77. The fourth-order valence-corrected chi connectivity index (χ4v) is 2.57. The molecule has 110 valence electrons. The zero-order valence-electron chi connectivity index (χ0n) is 13.8. The van der Waals surface area contributed by atoms with Gasteiger partial charge in [-0.15, -0.1) is 0 Å². The van der Waals surface area contributed by atoms with E-state index in [4.69, 9.17) is 0 Å². The van der Waals surface area contributed by atoms with Crippen molar-refractivity contribution in [3.8, 4) is 0 Å². The third kappa shape index (κ3) is 7.38. The van der Waals surface area contributed by atoms with Crippen LogP contribution >= 0.6 is 0 Å². The van der Waals surface area contributed by atoms with E-state index in [-0.39, 0.29) is 0 Å². The SMILES string of the molecule is CCC(CC)N(CC(C)C)C(C)CNCC(C)C. The molecular formula is C16H36N2. The van der Waals surface area contributed by atoms with Crippen molar-refractivity contribution >= 4 is 0 Å². The van der Waals surface area contributed by atoms with E-state index in [0.29, 0.717) is 6.04 Å². The first-order valence-corrected chi connectivity index (χ1v) is 7.88. The molecule has 1 unspecified atom stereocenters. The second-order valence-electron chi connectivity index (χ2n) is 6.46. The van der Waals surface area contributed by atoms with Crippen LogP contribution in [0.1, 0.15) is 61.3 Å². The summed E-state index contributed by atoms with van der Waals surface area (Å²) in [6.07, 6.45) is 2.52. The van der Waals surface area contributed by atoms with Gasteiger partial charge in [-0.2, -0.15) is 0 Å². The van der Waals surface area contributed by atoms with Gasteiger partial charge >= 0.3 is 0 Å². The molecule has 0 bridgehead atoms. The largest absolute Gasteiger partial charge is 0.315 e. The normalized spacial score (nSPS) is 14.2. The molecule has 0 radical (unpaired) electrons. The number of hydrogen-bond acceptors (Lipinski definition) is 2. The number of nitrogens with zero attached hydrogens (tertiary/aromatic N) is 1. The zero-order valence-corrected chi connectivity index (χ0v) is 13.8. The molecule has 1 N–H and O–H groups in total. The highest BCUT2D eigenvalue weighted by Crippen LogP contribution is 2.15. The van der Waals surface area contributed by atoms with Crippen LogP contribution in [0.25, 0.3) is 0 Å². The molecule has 0 amide bonds. The summed E-state index contributed by atoms with van der Waals surface area (Å²) in [5.41, 5.74) is 0. The Kier molecular flexibility index (Phi) is 9.76. The Labute approximate surface area is 116 Å².